The summed E-state index contributed by atoms with van der Waals surface area (Å²) in [6.45, 7) is 0.828. The SMILES string of the molecule is COc1cccc(CCc2ccccc2CC(CC(=O)CCCC(=O)O)CN(C)C)c1. The van der Waals surface area contributed by atoms with Gasteiger partial charge < -0.3 is 14.7 Å². The highest BCUT2D eigenvalue weighted by atomic mass is 16.5. The van der Waals surface area contributed by atoms with Crippen LogP contribution in [0.15, 0.2) is 48.5 Å². The molecule has 0 aliphatic heterocycles. The lowest BCUT2D eigenvalue weighted by Gasteiger charge is -2.22. The second-order valence-electron chi connectivity index (χ2n) is 8.44. The fourth-order valence-electron chi connectivity index (χ4n) is 4.00. The quantitative estimate of drug-likeness (QED) is 0.485. The molecule has 0 aliphatic carbocycles. The molecule has 0 amide bonds. The predicted molar refractivity (Wildman–Crippen MR) is 124 cm³/mol. The number of methoxy groups -OCH3 is 1. The topological polar surface area (TPSA) is 66.8 Å². The van der Waals surface area contributed by atoms with Gasteiger partial charge in [-0.15, -0.1) is 0 Å². The number of aliphatic carboxylic acids is 1. The van der Waals surface area contributed by atoms with Crippen LogP contribution in [0.2, 0.25) is 0 Å². The molecule has 1 N–H and O–H groups in total. The first kappa shape index (κ1) is 24.6. The van der Waals surface area contributed by atoms with E-state index in [4.69, 9.17) is 9.84 Å². The summed E-state index contributed by atoms with van der Waals surface area (Å²) in [4.78, 5) is 25.3. The monoisotopic (exact) mass is 425 g/mol. The van der Waals surface area contributed by atoms with Crippen LogP contribution in [0.5, 0.6) is 5.75 Å². The highest BCUT2D eigenvalue weighted by Crippen LogP contribution is 2.21. The Balaban J connectivity index is 2.03. The first-order chi connectivity index (χ1) is 14.9. The van der Waals surface area contributed by atoms with Crippen molar-refractivity contribution in [2.45, 2.75) is 44.9 Å². The molecule has 1 atom stereocenters. The second kappa shape index (κ2) is 12.9. The average Bonchev–Trinajstić information content (AvgIpc) is 2.72. The van der Waals surface area contributed by atoms with E-state index in [0.29, 0.717) is 19.3 Å². The number of nitrogens with zero attached hydrogens (tertiary/aromatic N) is 1. The molecule has 0 aromatic heterocycles. The van der Waals surface area contributed by atoms with Crippen molar-refractivity contribution in [3.63, 3.8) is 0 Å². The number of rotatable bonds is 14. The van der Waals surface area contributed by atoms with Gasteiger partial charge in [0.1, 0.15) is 11.5 Å². The van der Waals surface area contributed by atoms with E-state index in [0.717, 1.165) is 31.6 Å². The van der Waals surface area contributed by atoms with Gasteiger partial charge in [0.25, 0.3) is 0 Å². The summed E-state index contributed by atoms with van der Waals surface area (Å²) in [7, 11) is 5.73. The molecule has 2 aromatic carbocycles. The summed E-state index contributed by atoms with van der Waals surface area (Å²) in [5.41, 5.74) is 3.84. The number of carbonyl (C=O) groups is 2. The molecule has 0 saturated heterocycles. The van der Waals surface area contributed by atoms with Crippen molar-refractivity contribution >= 4 is 11.8 Å². The maximum Gasteiger partial charge on any atom is 0.303 e. The Labute approximate surface area is 186 Å². The molecule has 0 radical (unpaired) electrons. The smallest absolute Gasteiger partial charge is 0.303 e. The van der Waals surface area contributed by atoms with Crippen molar-refractivity contribution in [2.24, 2.45) is 5.92 Å². The number of carbonyl (C=O) groups excluding carboxylic acids is 1. The largest absolute Gasteiger partial charge is 0.497 e. The Morgan fingerprint density at radius 3 is 2.42 bits per heavy atom. The van der Waals surface area contributed by atoms with Gasteiger partial charge in [-0.2, -0.15) is 0 Å². The Morgan fingerprint density at radius 2 is 1.74 bits per heavy atom. The number of aryl methyl sites for hydroxylation is 2. The minimum Gasteiger partial charge on any atom is -0.497 e. The molecule has 0 heterocycles. The van der Waals surface area contributed by atoms with E-state index in [9.17, 15) is 9.59 Å². The summed E-state index contributed by atoms with van der Waals surface area (Å²) in [5, 5.41) is 8.79. The molecule has 0 spiro atoms. The van der Waals surface area contributed by atoms with Gasteiger partial charge in [-0.1, -0.05) is 36.4 Å². The molecule has 0 bridgehead atoms. The van der Waals surface area contributed by atoms with Gasteiger partial charge in [-0.3, -0.25) is 9.59 Å². The number of ether oxygens (including phenoxy) is 1. The third-order valence-corrected chi connectivity index (χ3v) is 5.43. The molecule has 1 unspecified atom stereocenters. The van der Waals surface area contributed by atoms with E-state index in [2.05, 4.69) is 41.3 Å². The van der Waals surface area contributed by atoms with Gasteiger partial charge in [-0.05, 0) is 74.5 Å². The van der Waals surface area contributed by atoms with Gasteiger partial charge >= 0.3 is 5.97 Å². The number of hydrogen-bond donors (Lipinski definition) is 1. The Hall–Kier alpha value is -2.66. The Bertz CT molecular complexity index is 847. The zero-order valence-electron chi connectivity index (χ0n) is 19.0. The van der Waals surface area contributed by atoms with Crippen molar-refractivity contribution in [3.05, 3.63) is 65.2 Å². The number of carboxylic acid groups (broad SMARTS) is 1. The fourth-order valence-corrected chi connectivity index (χ4v) is 4.00. The Morgan fingerprint density at radius 1 is 1.00 bits per heavy atom. The fraction of sp³-hybridized carbons (Fsp3) is 0.462. The van der Waals surface area contributed by atoms with Crippen LogP contribution in [-0.4, -0.2) is 49.5 Å². The van der Waals surface area contributed by atoms with Gasteiger partial charge in [0.15, 0.2) is 0 Å². The number of Topliss-reactive ketones (excluding diaryl/α,β-unsaturated/α-hetero) is 1. The van der Waals surface area contributed by atoms with Gasteiger partial charge in [0.2, 0.25) is 0 Å². The molecule has 168 valence electrons. The molecule has 5 heteroatoms. The van der Waals surface area contributed by atoms with E-state index >= 15 is 0 Å². The van der Waals surface area contributed by atoms with Gasteiger partial charge in [0.05, 0.1) is 7.11 Å². The van der Waals surface area contributed by atoms with Crippen LogP contribution in [0, 0.1) is 5.92 Å². The summed E-state index contributed by atoms with van der Waals surface area (Å²) >= 11 is 0. The van der Waals surface area contributed by atoms with Crippen molar-refractivity contribution in [1.29, 1.82) is 0 Å². The summed E-state index contributed by atoms with van der Waals surface area (Å²) in [6, 6.07) is 16.6. The lowest BCUT2D eigenvalue weighted by molar-refractivity contribution is -0.137. The third kappa shape index (κ3) is 9.35. The van der Waals surface area contributed by atoms with E-state index in [-0.39, 0.29) is 18.1 Å². The zero-order chi connectivity index (χ0) is 22.6. The van der Waals surface area contributed by atoms with E-state index in [1.807, 2.05) is 26.2 Å². The minimum atomic E-state index is -0.845. The maximum atomic E-state index is 12.4. The lowest BCUT2D eigenvalue weighted by atomic mass is 9.89. The number of hydrogen-bond acceptors (Lipinski definition) is 4. The zero-order valence-corrected chi connectivity index (χ0v) is 19.0. The molecule has 0 saturated carbocycles. The normalized spacial score (nSPS) is 12.0. The van der Waals surface area contributed by atoms with Crippen LogP contribution in [-0.2, 0) is 28.9 Å². The number of ketones is 1. The number of benzene rings is 2. The van der Waals surface area contributed by atoms with Gasteiger partial charge in [-0.25, -0.2) is 0 Å². The van der Waals surface area contributed by atoms with Crippen molar-refractivity contribution in [3.8, 4) is 5.75 Å². The second-order valence-corrected chi connectivity index (χ2v) is 8.44. The summed E-state index contributed by atoms with van der Waals surface area (Å²) < 4.78 is 5.33. The van der Waals surface area contributed by atoms with E-state index < -0.39 is 5.97 Å². The highest BCUT2D eigenvalue weighted by molar-refractivity contribution is 5.79. The molecule has 0 aliphatic rings. The lowest BCUT2D eigenvalue weighted by Crippen LogP contribution is -2.26. The minimum absolute atomic E-state index is 0.0528. The van der Waals surface area contributed by atoms with Crippen LogP contribution in [0.3, 0.4) is 0 Å². The number of carboxylic acids is 1. The molecule has 31 heavy (non-hydrogen) atoms. The first-order valence-electron chi connectivity index (χ1n) is 10.9. The molecule has 2 aromatic rings. The maximum absolute atomic E-state index is 12.4. The summed E-state index contributed by atoms with van der Waals surface area (Å²) in [6.07, 6.45) is 4.01. The van der Waals surface area contributed by atoms with Crippen LogP contribution in [0.1, 0.15) is 42.4 Å². The summed E-state index contributed by atoms with van der Waals surface area (Å²) in [5.74, 6) is 0.396. The Kier molecular flexibility index (Phi) is 10.2. The van der Waals surface area contributed by atoms with E-state index in [1.165, 1.54) is 16.7 Å². The van der Waals surface area contributed by atoms with Crippen LogP contribution in [0.25, 0.3) is 0 Å². The van der Waals surface area contributed by atoms with Crippen LogP contribution in [0.4, 0.5) is 0 Å². The van der Waals surface area contributed by atoms with Crippen LogP contribution < -0.4 is 4.74 Å². The first-order valence-corrected chi connectivity index (χ1v) is 10.9. The molecular formula is C26H35NO4. The average molecular weight is 426 g/mol. The predicted octanol–water partition coefficient (Wildman–Crippen LogP) is 4.41. The van der Waals surface area contributed by atoms with E-state index in [1.54, 1.807) is 7.11 Å². The van der Waals surface area contributed by atoms with Crippen molar-refractivity contribution in [2.75, 3.05) is 27.7 Å². The van der Waals surface area contributed by atoms with Crippen LogP contribution >= 0.6 is 0 Å². The standard InChI is InChI=1S/C26H35NO4/c1-27(2)19-21(17-24(28)11-7-13-26(29)30)16-23-10-5-4-9-22(23)15-14-20-8-6-12-25(18-20)31-3/h4-6,8-10,12,18,21H,7,11,13-17,19H2,1-3H3,(H,29,30). The molecular weight excluding hydrogens is 390 g/mol. The third-order valence-electron chi connectivity index (χ3n) is 5.43. The molecule has 0 fully saturated rings. The van der Waals surface area contributed by atoms with Crippen molar-refractivity contribution in [1.82, 2.24) is 4.90 Å². The van der Waals surface area contributed by atoms with Crippen molar-refractivity contribution < 1.29 is 19.4 Å². The molecule has 5 nitrogen and oxygen atoms in total. The highest BCUT2D eigenvalue weighted by Gasteiger charge is 2.17. The molecule has 2 rings (SSSR count). The van der Waals surface area contributed by atoms with Gasteiger partial charge in [0, 0.05) is 25.8 Å².